The van der Waals surface area contributed by atoms with Gasteiger partial charge in [-0.25, -0.2) is 0 Å². The second kappa shape index (κ2) is 6.14. The molecule has 0 aromatic carbocycles. The predicted molar refractivity (Wildman–Crippen MR) is 84.2 cm³/mol. The molecule has 0 amide bonds. The van der Waals surface area contributed by atoms with Gasteiger partial charge in [-0.2, -0.15) is 5.10 Å². The zero-order valence-electron chi connectivity index (χ0n) is 13.8. The molecule has 5 heteroatoms. The topological polar surface area (TPSA) is 36.3 Å². The van der Waals surface area contributed by atoms with Gasteiger partial charge in [0.05, 0.1) is 5.69 Å². The molecule has 2 rings (SSSR count). The molecule has 1 fully saturated rings. The van der Waals surface area contributed by atoms with E-state index in [4.69, 9.17) is 0 Å². The Kier molecular flexibility index (Phi) is 4.70. The van der Waals surface area contributed by atoms with Crippen molar-refractivity contribution in [2.24, 2.45) is 7.05 Å². The zero-order valence-corrected chi connectivity index (χ0v) is 13.8. The summed E-state index contributed by atoms with van der Waals surface area (Å²) >= 11 is 0. The number of rotatable bonds is 4. The Hall–Kier alpha value is -1.07. The van der Waals surface area contributed by atoms with E-state index in [-0.39, 0.29) is 0 Å². The van der Waals surface area contributed by atoms with Crippen LogP contribution in [0.1, 0.15) is 32.0 Å². The first-order chi connectivity index (χ1) is 9.40. The van der Waals surface area contributed by atoms with Gasteiger partial charge in [0.25, 0.3) is 0 Å². The van der Waals surface area contributed by atoms with Crippen LogP contribution >= 0.6 is 0 Å². The molecule has 1 aromatic rings. The molecule has 1 atom stereocenters. The summed E-state index contributed by atoms with van der Waals surface area (Å²) in [6.07, 6.45) is 0. The highest BCUT2D eigenvalue weighted by molar-refractivity contribution is 5.50. The maximum atomic E-state index is 4.63. The van der Waals surface area contributed by atoms with Crippen molar-refractivity contribution in [3.8, 4) is 0 Å². The second-order valence-corrected chi connectivity index (χ2v) is 6.32. The summed E-state index contributed by atoms with van der Waals surface area (Å²) in [6, 6.07) is 1.08. The molecule has 0 bridgehead atoms. The predicted octanol–water partition coefficient (Wildman–Crippen LogP) is 1.37. The van der Waals surface area contributed by atoms with E-state index >= 15 is 0 Å². The lowest BCUT2D eigenvalue weighted by Crippen LogP contribution is -2.51. The highest BCUT2D eigenvalue weighted by atomic mass is 15.4. The van der Waals surface area contributed by atoms with Gasteiger partial charge in [0.15, 0.2) is 0 Å². The normalized spacial score (nSPS) is 20.9. The Labute approximate surface area is 122 Å². The molecule has 1 aliphatic heterocycles. The summed E-state index contributed by atoms with van der Waals surface area (Å²) in [6.45, 7) is 12.9. The summed E-state index contributed by atoms with van der Waals surface area (Å²) < 4.78 is 2.05. The van der Waals surface area contributed by atoms with Gasteiger partial charge < -0.3 is 15.1 Å². The first-order valence-electron chi connectivity index (χ1n) is 7.61. The van der Waals surface area contributed by atoms with Gasteiger partial charge >= 0.3 is 0 Å². The third-order valence-electron chi connectivity index (χ3n) is 4.26. The lowest BCUT2D eigenvalue weighted by molar-refractivity contribution is 0.232. The first-order valence-corrected chi connectivity index (χ1v) is 7.61. The van der Waals surface area contributed by atoms with Crippen molar-refractivity contribution in [2.45, 2.75) is 46.3 Å². The van der Waals surface area contributed by atoms with E-state index in [9.17, 15) is 0 Å². The number of aryl methyl sites for hydroxylation is 2. The average Bonchev–Trinajstić information content (AvgIpc) is 2.65. The molecule has 1 aliphatic rings. The molecule has 5 nitrogen and oxygen atoms in total. The van der Waals surface area contributed by atoms with Gasteiger partial charge in [-0.05, 0) is 20.9 Å². The fourth-order valence-electron chi connectivity index (χ4n) is 2.84. The SMILES string of the molecule is Cc1nn(C)c(N2CCN(C)C(C)C2)c1CNC(C)C. The first kappa shape index (κ1) is 15.3. The van der Waals surface area contributed by atoms with Crippen LogP contribution < -0.4 is 10.2 Å². The molecule has 1 saturated heterocycles. The van der Waals surface area contributed by atoms with Gasteiger partial charge in [-0.3, -0.25) is 4.68 Å². The van der Waals surface area contributed by atoms with Crippen LogP contribution in [0.2, 0.25) is 0 Å². The minimum Gasteiger partial charge on any atom is -0.354 e. The van der Waals surface area contributed by atoms with E-state index in [0.29, 0.717) is 12.1 Å². The molecule has 1 unspecified atom stereocenters. The molecule has 0 radical (unpaired) electrons. The van der Waals surface area contributed by atoms with Crippen molar-refractivity contribution >= 4 is 5.82 Å². The van der Waals surface area contributed by atoms with Crippen LogP contribution in [0.25, 0.3) is 0 Å². The van der Waals surface area contributed by atoms with E-state index in [2.05, 4.69) is 62.0 Å². The Morgan fingerprint density at radius 1 is 1.30 bits per heavy atom. The van der Waals surface area contributed by atoms with Crippen LogP contribution in [0, 0.1) is 6.92 Å². The number of piperazine rings is 1. The summed E-state index contributed by atoms with van der Waals surface area (Å²) in [7, 11) is 4.27. The maximum Gasteiger partial charge on any atom is 0.131 e. The standard InChI is InChI=1S/C15H29N5/c1-11(2)16-9-14-13(4)17-19(6)15(14)20-8-7-18(5)12(3)10-20/h11-12,16H,7-10H2,1-6H3. The van der Waals surface area contributed by atoms with Crippen molar-refractivity contribution in [1.29, 1.82) is 0 Å². The van der Waals surface area contributed by atoms with Crippen molar-refractivity contribution in [1.82, 2.24) is 20.0 Å². The van der Waals surface area contributed by atoms with E-state index in [1.807, 2.05) is 4.68 Å². The Balaban J connectivity index is 2.22. The van der Waals surface area contributed by atoms with E-state index in [1.165, 1.54) is 11.4 Å². The Morgan fingerprint density at radius 2 is 2.00 bits per heavy atom. The van der Waals surface area contributed by atoms with E-state index in [1.54, 1.807) is 0 Å². The molecule has 20 heavy (non-hydrogen) atoms. The van der Waals surface area contributed by atoms with Crippen LogP contribution in [-0.4, -0.2) is 53.4 Å². The summed E-state index contributed by atoms with van der Waals surface area (Å²) in [5.41, 5.74) is 2.49. The van der Waals surface area contributed by atoms with Gasteiger partial charge in [0.2, 0.25) is 0 Å². The molecule has 114 valence electrons. The van der Waals surface area contributed by atoms with Crippen LogP contribution in [0.4, 0.5) is 5.82 Å². The summed E-state index contributed by atoms with van der Waals surface area (Å²) in [5, 5.41) is 8.15. The Morgan fingerprint density at radius 3 is 2.60 bits per heavy atom. The maximum absolute atomic E-state index is 4.63. The van der Waals surface area contributed by atoms with Crippen LogP contribution in [-0.2, 0) is 13.6 Å². The van der Waals surface area contributed by atoms with Gasteiger partial charge in [-0.1, -0.05) is 13.8 Å². The van der Waals surface area contributed by atoms with E-state index in [0.717, 1.165) is 31.9 Å². The van der Waals surface area contributed by atoms with Crippen LogP contribution in [0.5, 0.6) is 0 Å². The van der Waals surface area contributed by atoms with Crippen LogP contribution in [0.15, 0.2) is 0 Å². The number of likely N-dealkylation sites (N-methyl/N-ethyl adjacent to an activating group) is 1. The monoisotopic (exact) mass is 279 g/mol. The number of nitrogens with one attached hydrogen (secondary N) is 1. The average molecular weight is 279 g/mol. The number of hydrogen-bond donors (Lipinski definition) is 1. The molecule has 1 aromatic heterocycles. The largest absolute Gasteiger partial charge is 0.354 e. The summed E-state index contributed by atoms with van der Waals surface area (Å²) in [4.78, 5) is 4.91. The van der Waals surface area contributed by atoms with Gasteiger partial charge in [-0.15, -0.1) is 0 Å². The zero-order chi connectivity index (χ0) is 14.9. The van der Waals surface area contributed by atoms with Gasteiger partial charge in [0.1, 0.15) is 5.82 Å². The van der Waals surface area contributed by atoms with Crippen molar-refractivity contribution in [3.63, 3.8) is 0 Å². The smallest absolute Gasteiger partial charge is 0.131 e. The van der Waals surface area contributed by atoms with Gasteiger partial charge in [0, 0.05) is 50.9 Å². The lowest BCUT2D eigenvalue weighted by atomic mass is 10.1. The van der Waals surface area contributed by atoms with Crippen LogP contribution in [0.3, 0.4) is 0 Å². The molecule has 0 aliphatic carbocycles. The fourth-order valence-corrected chi connectivity index (χ4v) is 2.84. The number of hydrogen-bond acceptors (Lipinski definition) is 4. The minimum atomic E-state index is 0.494. The second-order valence-electron chi connectivity index (χ2n) is 6.32. The van der Waals surface area contributed by atoms with E-state index < -0.39 is 0 Å². The summed E-state index contributed by atoms with van der Waals surface area (Å²) in [5.74, 6) is 1.29. The number of aromatic nitrogens is 2. The molecular weight excluding hydrogens is 250 g/mol. The number of nitrogens with zero attached hydrogens (tertiary/aromatic N) is 4. The fraction of sp³-hybridized carbons (Fsp3) is 0.800. The molecule has 0 saturated carbocycles. The van der Waals surface area contributed by atoms with Crippen molar-refractivity contribution in [3.05, 3.63) is 11.3 Å². The Bertz CT molecular complexity index is 451. The highest BCUT2D eigenvalue weighted by Crippen LogP contribution is 2.25. The number of anilines is 1. The van der Waals surface area contributed by atoms with Crippen molar-refractivity contribution < 1.29 is 0 Å². The minimum absolute atomic E-state index is 0.494. The highest BCUT2D eigenvalue weighted by Gasteiger charge is 2.25. The molecular formula is C15H29N5. The lowest BCUT2D eigenvalue weighted by Gasteiger charge is -2.39. The third kappa shape index (κ3) is 3.15. The van der Waals surface area contributed by atoms with Crippen molar-refractivity contribution in [2.75, 3.05) is 31.6 Å². The molecule has 2 heterocycles. The quantitative estimate of drug-likeness (QED) is 0.903. The third-order valence-corrected chi connectivity index (χ3v) is 4.26. The molecule has 1 N–H and O–H groups in total. The molecule has 0 spiro atoms.